The van der Waals surface area contributed by atoms with Crippen LogP contribution < -0.4 is 5.32 Å². The average Bonchev–Trinajstić information content (AvgIpc) is 3.27. The van der Waals surface area contributed by atoms with Crippen molar-refractivity contribution < 1.29 is 14.3 Å². The van der Waals surface area contributed by atoms with Gasteiger partial charge in [0.25, 0.3) is 5.91 Å². The number of nitrogens with one attached hydrogen (secondary N) is 1. The summed E-state index contributed by atoms with van der Waals surface area (Å²) in [5, 5.41) is 5.69. The summed E-state index contributed by atoms with van der Waals surface area (Å²) in [6.45, 7) is 11.7. The first-order chi connectivity index (χ1) is 14.2. The highest BCUT2D eigenvalue weighted by atomic mass is 32.1. The molecule has 0 saturated carbocycles. The van der Waals surface area contributed by atoms with Crippen molar-refractivity contribution >= 4 is 23.0 Å². The summed E-state index contributed by atoms with van der Waals surface area (Å²) < 4.78 is 7.66. The molecule has 1 aliphatic rings. The molecular weight excluding hydrogens is 400 g/mol. The maximum Gasteiger partial charge on any atom is 0.272 e. The standard InChI is InChI=1S/C22H32N4O3S/c1-6-7-14(2)17(27)18(22(3,4)5)25-20(28)16-15-8-11-29-12-10-26(15)19(24-16)21-23-9-13-30-21/h9,13-14,18H,6-8,10-12H2,1-5H3,(H,25,28)/t14?,18-/m1/s1. The van der Waals surface area contributed by atoms with E-state index in [2.05, 4.69) is 22.2 Å². The lowest BCUT2D eigenvalue weighted by atomic mass is 9.79. The molecule has 1 unspecified atom stereocenters. The molecule has 164 valence electrons. The number of aromatic nitrogens is 3. The third-order valence-corrected chi connectivity index (χ3v) is 6.26. The van der Waals surface area contributed by atoms with E-state index < -0.39 is 11.5 Å². The van der Waals surface area contributed by atoms with Gasteiger partial charge >= 0.3 is 0 Å². The lowest BCUT2D eigenvalue weighted by molar-refractivity contribution is -0.126. The van der Waals surface area contributed by atoms with Crippen LogP contribution in [0.3, 0.4) is 0 Å². The van der Waals surface area contributed by atoms with Crippen molar-refractivity contribution in [2.24, 2.45) is 11.3 Å². The maximum atomic E-state index is 13.4. The topological polar surface area (TPSA) is 86.1 Å². The number of hydrogen-bond donors (Lipinski definition) is 1. The second-order valence-electron chi connectivity index (χ2n) is 8.95. The number of rotatable bonds is 7. The lowest BCUT2D eigenvalue weighted by Gasteiger charge is -2.32. The molecule has 2 atom stereocenters. The van der Waals surface area contributed by atoms with Crippen LogP contribution in [0.15, 0.2) is 11.6 Å². The van der Waals surface area contributed by atoms with Gasteiger partial charge in [0, 0.05) is 30.5 Å². The Balaban J connectivity index is 1.94. The van der Waals surface area contributed by atoms with Crippen LogP contribution in [0.2, 0.25) is 0 Å². The fourth-order valence-electron chi connectivity index (χ4n) is 3.86. The number of thiazole rings is 1. The third kappa shape index (κ3) is 4.81. The Morgan fingerprint density at radius 3 is 2.73 bits per heavy atom. The molecule has 0 fully saturated rings. The maximum absolute atomic E-state index is 13.4. The summed E-state index contributed by atoms with van der Waals surface area (Å²) in [4.78, 5) is 35.5. The smallest absolute Gasteiger partial charge is 0.272 e. The zero-order chi connectivity index (χ0) is 21.9. The molecule has 1 amide bonds. The highest BCUT2D eigenvalue weighted by Gasteiger charge is 2.36. The van der Waals surface area contributed by atoms with Gasteiger partial charge in [-0.1, -0.05) is 41.0 Å². The van der Waals surface area contributed by atoms with E-state index in [0.717, 1.165) is 23.5 Å². The summed E-state index contributed by atoms with van der Waals surface area (Å²) in [6, 6.07) is -0.575. The van der Waals surface area contributed by atoms with Crippen LogP contribution in [0.4, 0.5) is 0 Å². The zero-order valence-corrected chi connectivity index (χ0v) is 19.3. The molecule has 0 radical (unpaired) electrons. The van der Waals surface area contributed by atoms with E-state index in [1.165, 1.54) is 11.3 Å². The van der Waals surface area contributed by atoms with Crippen molar-refractivity contribution in [2.75, 3.05) is 13.2 Å². The Kier molecular flexibility index (Phi) is 7.08. The quantitative estimate of drug-likeness (QED) is 0.720. The first-order valence-electron chi connectivity index (χ1n) is 10.7. The number of ether oxygens (including phenoxy) is 1. The minimum Gasteiger partial charge on any atom is -0.379 e. The molecule has 2 aromatic rings. The van der Waals surface area contributed by atoms with E-state index in [-0.39, 0.29) is 17.6 Å². The monoisotopic (exact) mass is 432 g/mol. The number of amides is 1. The Hall–Kier alpha value is -2.06. The van der Waals surface area contributed by atoms with Gasteiger partial charge < -0.3 is 14.6 Å². The molecule has 30 heavy (non-hydrogen) atoms. The van der Waals surface area contributed by atoms with E-state index in [1.807, 2.05) is 37.6 Å². The Labute approximate surface area is 182 Å². The minimum absolute atomic E-state index is 0.0754. The van der Waals surface area contributed by atoms with E-state index in [9.17, 15) is 9.59 Å². The molecule has 1 N–H and O–H groups in total. The summed E-state index contributed by atoms with van der Waals surface area (Å²) >= 11 is 1.49. The molecule has 0 bridgehead atoms. The van der Waals surface area contributed by atoms with Crippen LogP contribution in [-0.4, -0.2) is 45.5 Å². The van der Waals surface area contributed by atoms with Gasteiger partial charge in [-0.3, -0.25) is 9.59 Å². The van der Waals surface area contributed by atoms with Crippen molar-refractivity contribution in [3.63, 3.8) is 0 Å². The summed E-state index contributed by atoms with van der Waals surface area (Å²) in [5.74, 6) is 0.360. The van der Waals surface area contributed by atoms with Gasteiger partial charge in [-0.05, 0) is 11.8 Å². The van der Waals surface area contributed by atoms with Crippen molar-refractivity contribution in [2.45, 2.75) is 66.5 Å². The SMILES string of the molecule is CCCC(C)C(=O)[C@@H](NC(=O)c1nc(-c2nccs2)n2c1CCOCC2)C(C)(C)C. The van der Waals surface area contributed by atoms with Gasteiger partial charge in [-0.2, -0.15) is 0 Å². The van der Waals surface area contributed by atoms with E-state index in [0.29, 0.717) is 37.7 Å². The van der Waals surface area contributed by atoms with Gasteiger partial charge in [0.05, 0.1) is 24.9 Å². The van der Waals surface area contributed by atoms with E-state index in [4.69, 9.17) is 4.74 Å². The van der Waals surface area contributed by atoms with Crippen molar-refractivity contribution in [3.05, 3.63) is 23.0 Å². The molecule has 3 rings (SSSR count). The number of imidazole rings is 1. The van der Waals surface area contributed by atoms with Gasteiger partial charge in [-0.15, -0.1) is 11.3 Å². The molecule has 1 aliphatic heterocycles. The van der Waals surface area contributed by atoms with Crippen molar-refractivity contribution in [1.82, 2.24) is 19.9 Å². The average molecular weight is 433 g/mol. The Morgan fingerprint density at radius 1 is 1.33 bits per heavy atom. The summed E-state index contributed by atoms with van der Waals surface area (Å²) in [6.07, 6.45) is 4.08. The number of nitrogens with zero attached hydrogens (tertiary/aromatic N) is 3. The Morgan fingerprint density at radius 2 is 2.10 bits per heavy atom. The molecule has 0 aliphatic carbocycles. The van der Waals surface area contributed by atoms with Crippen LogP contribution in [0, 0.1) is 11.3 Å². The number of hydrogen-bond acceptors (Lipinski definition) is 6. The largest absolute Gasteiger partial charge is 0.379 e. The van der Waals surface area contributed by atoms with E-state index in [1.54, 1.807) is 6.20 Å². The summed E-state index contributed by atoms with van der Waals surface area (Å²) in [7, 11) is 0. The van der Waals surface area contributed by atoms with Crippen LogP contribution in [0.5, 0.6) is 0 Å². The van der Waals surface area contributed by atoms with E-state index >= 15 is 0 Å². The molecule has 0 spiro atoms. The molecule has 2 aromatic heterocycles. The van der Waals surface area contributed by atoms with Crippen LogP contribution in [0.1, 0.15) is 63.6 Å². The fraction of sp³-hybridized carbons (Fsp3) is 0.636. The third-order valence-electron chi connectivity index (χ3n) is 5.49. The first kappa shape index (κ1) is 22.6. The van der Waals surface area contributed by atoms with Gasteiger partial charge in [0.2, 0.25) is 0 Å². The minimum atomic E-state index is -0.575. The second-order valence-corrected chi connectivity index (χ2v) is 9.84. The van der Waals surface area contributed by atoms with Crippen molar-refractivity contribution in [1.29, 1.82) is 0 Å². The van der Waals surface area contributed by atoms with Gasteiger partial charge in [-0.25, -0.2) is 9.97 Å². The zero-order valence-electron chi connectivity index (χ0n) is 18.5. The molecule has 8 heteroatoms. The fourth-order valence-corrected chi connectivity index (χ4v) is 4.49. The lowest BCUT2D eigenvalue weighted by Crippen LogP contribution is -2.51. The summed E-state index contributed by atoms with van der Waals surface area (Å²) in [5.41, 5.74) is 0.819. The Bertz CT molecular complexity index is 883. The highest BCUT2D eigenvalue weighted by molar-refractivity contribution is 7.13. The normalized spacial score (nSPS) is 16.4. The predicted molar refractivity (Wildman–Crippen MR) is 118 cm³/mol. The van der Waals surface area contributed by atoms with Crippen LogP contribution >= 0.6 is 11.3 Å². The number of carbonyl (C=O) groups excluding carboxylic acids is 2. The number of fused-ring (bicyclic) bond motifs is 1. The van der Waals surface area contributed by atoms with Crippen LogP contribution in [-0.2, 0) is 22.5 Å². The van der Waals surface area contributed by atoms with Crippen molar-refractivity contribution in [3.8, 4) is 10.8 Å². The molecule has 3 heterocycles. The number of carbonyl (C=O) groups is 2. The first-order valence-corrected chi connectivity index (χ1v) is 11.5. The number of Topliss-reactive ketones (excluding diaryl/α,β-unsaturated/α-hetero) is 1. The molecule has 0 saturated heterocycles. The molecular formula is C22H32N4O3S. The van der Waals surface area contributed by atoms with Gasteiger partial charge in [0.1, 0.15) is 5.69 Å². The van der Waals surface area contributed by atoms with Gasteiger partial charge in [0.15, 0.2) is 16.6 Å². The second kappa shape index (κ2) is 9.39. The molecule has 7 nitrogen and oxygen atoms in total. The number of ketones is 1. The predicted octanol–water partition coefficient (Wildman–Crippen LogP) is 3.73. The molecule has 0 aromatic carbocycles. The van der Waals surface area contributed by atoms with Crippen LogP contribution in [0.25, 0.3) is 10.8 Å². The highest BCUT2D eigenvalue weighted by Crippen LogP contribution is 2.28.